The van der Waals surface area contributed by atoms with Crippen molar-refractivity contribution in [3.63, 3.8) is 0 Å². The highest BCUT2D eigenvalue weighted by Crippen LogP contribution is 2.38. The van der Waals surface area contributed by atoms with E-state index in [1.165, 1.54) is 29.9 Å². The normalized spacial score (nSPS) is 26.7. The van der Waals surface area contributed by atoms with Crippen molar-refractivity contribution in [3.8, 4) is 0 Å². The number of hydrogen-bond donors (Lipinski definition) is 1. The molecule has 2 atom stereocenters. The second-order valence-corrected chi connectivity index (χ2v) is 7.94. The number of benzene rings is 1. The molecule has 2 heterocycles. The Kier molecular flexibility index (Phi) is 5.15. The molecule has 4 heteroatoms. The predicted octanol–water partition coefficient (Wildman–Crippen LogP) is 4.44. The standard InChI is InChI=1S/C17H24ClNOS/c1-13(14-3-2-4-15(18)11-14)19-16-5-8-20-17(12-16)6-9-21-10-7-17/h2-4,11,13,16,19H,5-10,12H2,1H3. The van der Waals surface area contributed by atoms with E-state index in [1.54, 1.807) is 0 Å². The number of rotatable bonds is 3. The van der Waals surface area contributed by atoms with E-state index < -0.39 is 0 Å². The highest BCUT2D eigenvalue weighted by molar-refractivity contribution is 7.99. The van der Waals surface area contributed by atoms with E-state index in [9.17, 15) is 0 Å². The van der Waals surface area contributed by atoms with Crippen LogP contribution in [0.15, 0.2) is 24.3 Å². The summed E-state index contributed by atoms with van der Waals surface area (Å²) in [5.74, 6) is 2.49. The zero-order chi connectivity index (χ0) is 14.7. The van der Waals surface area contributed by atoms with Crippen LogP contribution in [0.25, 0.3) is 0 Å². The van der Waals surface area contributed by atoms with Gasteiger partial charge in [-0.1, -0.05) is 23.7 Å². The van der Waals surface area contributed by atoms with Crippen molar-refractivity contribution in [3.05, 3.63) is 34.9 Å². The summed E-state index contributed by atoms with van der Waals surface area (Å²) in [6.07, 6.45) is 4.68. The van der Waals surface area contributed by atoms with Gasteiger partial charge in [-0.3, -0.25) is 0 Å². The first kappa shape index (κ1) is 15.7. The predicted molar refractivity (Wildman–Crippen MR) is 91.3 cm³/mol. The average molecular weight is 326 g/mol. The molecule has 0 aliphatic carbocycles. The van der Waals surface area contributed by atoms with Gasteiger partial charge in [0.1, 0.15) is 0 Å². The van der Waals surface area contributed by atoms with Crippen molar-refractivity contribution in [2.45, 2.75) is 50.3 Å². The molecule has 0 aromatic heterocycles. The van der Waals surface area contributed by atoms with Crippen molar-refractivity contribution in [1.29, 1.82) is 0 Å². The molecule has 3 rings (SSSR count). The number of nitrogens with one attached hydrogen (secondary N) is 1. The monoisotopic (exact) mass is 325 g/mol. The van der Waals surface area contributed by atoms with Crippen LogP contribution in [0, 0.1) is 0 Å². The maximum Gasteiger partial charge on any atom is 0.0713 e. The van der Waals surface area contributed by atoms with Gasteiger partial charge in [0.2, 0.25) is 0 Å². The molecule has 0 saturated carbocycles. The van der Waals surface area contributed by atoms with Crippen LogP contribution in [0.4, 0.5) is 0 Å². The van der Waals surface area contributed by atoms with E-state index in [-0.39, 0.29) is 5.60 Å². The number of ether oxygens (including phenoxy) is 1. The van der Waals surface area contributed by atoms with Crippen LogP contribution >= 0.6 is 23.4 Å². The van der Waals surface area contributed by atoms with Crippen molar-refractivity contribution in [2.24, 2.45) is 0 Å². The molecule has 21 heavy (non-hydrogen) atoms. The molecular formula is C17H24ClNOS. The smallest absolute Gasteiger partial charge is 0.0713 e. The molecule has 2 saturated heterocycles. The molecule has 2 aliphatic heterocycles. The molecule has 0 radical (unpaired) electrons. The summed E-state index contributed by atoms with van der Waals surface area (Å²) in [4.78, 5) is 0. The SMILES string of the molecule is CC(NC1CCOC2(CCSCC2)C1)c1cccc(Cl)c1. The Morgan fingerprint density at radius 3 is 2.95 bits per heavy atom. The Bertz CT molecular complexity index is 470. The molecule has 116 valence electrons. The molecule has 2 nitrogen and oxygen atoms in total. The van der Waals surface area contributed by atoms with Crippen LogP contribution in [-0.2, 0) is 4.74 Å². The molecule has 0 bridgehead atoms. The fraction of sp³-hybridized carbons (Fsp3) is 0.647. The van der Waals surface area contributed by atoms with E-state index in [1.807, 2.05) is 12.1 Å². The van der Waals surface area contributed by atoms with E-state index in [4.69, 9.17) is 16.3 Å². The van der Waals surface area contributed by atoms with E-state index in [0.29, 0.717) is 12.1 Å². The third-order valence-electron chi connectivity index (χ3n) is 4.73. The highest BCUT2D eigenvalue weighted by Gasteiger charge is 2.38. The minimum absolute atomic E-state index is 0.148. The summed E-state index contributed by atoms with van der Waals surface area (Å²) in [6.45, 7) is 3.12. The fourth-order valence-corrected chi connectivity index (χ4v) is 4.92. The van der Waals surface area contributed by atoms with Gasteiger partial charge in [-0.2, -0.15) is 11.8 Å². The summed E-state index contributed by atoms with van der Waals surface area (Å²) in [5, 5.41) is 4.60. The molecule has 2 aliphatic rings. The highest BCUT2D eigenvalue weighted by atomic mass is 35.5. The maximum atomic E-state index is 6.17. The zero-order valence-electron chi connectivity index (χ0n) is 12.6. The molecule has 1 spiro atoms. The molecule has 1 aromatic rings. The van der Waals surface area contributed by atoms with Crippen LogP contribution < -0.4 is 5.32 Å². The second kappa shape index (κ2) is 6.91. The van der Waals surface area contributed by atoms with Crippen LogP contribution in [0.2, 0.25) is 5.02 Å². The summed E-state index contributed by atoms with van der Waals surface area (Å²) >= 11 is 8.16. The molecule has 1 N–H and O–H groups in total. The van der Waals surface area contributed by atoms with Gasteiger partial charge in [0.05, 0.1) is 5.60 Å². The first-order chi connectivity index (χ1) is 10.2. The molecular weight excluding hydrogens is 302 g/mol. The largest absolute Gasteiger partial charge is 0.375 e. The van der Waals surface area contributed by atoms with E-state index >= 15 is 0 Å². The first-order valence-electron chi connectivity index (χ1n) is 7.90. The van der Waals surface area contributed by atoms with Crippen molar-refractivity contribution in [2.75, 3.05) is 18.1 Å². The van der Waals surface area contributed by atoms with Crippen molar-refractivity contribution in [1.82, 2.24) is 5.32 Å². The number of halogens is 1. The van der Waals surface area contributed by atoms with Gasteiger partial charge in [0, 0.05) is 23.7 Å². The maximum absolute atomic E-state index is 6.17. The Morgan fingerprint density at radius 2 is 2.19 bits per heavy atom. The number of hydrogen-bond acceptors (Lipinski definition) is 3. The lowest BCUT2D eigenvalue weighted by Gasteiger charge is -2.44. The molecule has 1 aromatic carbocycles. The lowest BCUT2D eigenvalue weighted by molar-refractivity contribution is -0.0940. The Labute approximate surface area is 137 Å². The number of thioether (sulfide) groups is 1. The molecule has 0 amide bonds. The lowest BCUT2D eigenvalue weighted by Crippen LogP contribution is -2.49. The van der Waals surface area contributed by atoms with Gasteiger partial charge in [-0.05, 0) is 61.8 Å². The third-order valence-corrected chi connectivity index (χ3v) is 5.95. The lowest BCUT2D eigenvalue weighted by atomic mass is 9.85. The van der Waals surface area contributed by atoms with E-state index in [0.717, 1.165) is 24.5 Å². The summed E-state index contributed by atoms with van der Waals surface area (Å²) in [5.41, 5.74) is 1.41. The van der Waals surface area contributed by atoms with Gasteiger partial charge in [-0.15, -0.1) is 0 Å². The molecule has 2 fully saturated rings. The van der Waals surface area contributed by atoms with Gasteiger partial charge in [0.25, 0.3) is 0 Å². The summed E-state index contributed by atoms with van der Waals surface area (Å²) in [7, 11) is 0. The zero-order valence-corrected chi connectivity index (χ0v) is 14.2. The second-order valence-electron chi connectivity index (χ2n) is 6.28. The third kappa shape index (κ3) is 3.95. The fourth-order valence-electron chi connectivity index (χ4n) is 3.49. The Morgan fingerprint density at radius 1 is 1.38 bits per heavy atom. The molecule has 2 unspecified atom stereocenters. The Hall–Kier alpha value is -0.220. The topological polar surface area (TPSA) is 21.3 Å². The van der Waals surface area contributed by atoms with Gasteiger partial charge in [0.15, 0.2) is 0 Å². The minimum atomic E-state index is 0.148. The quantitative estimate of drug-likeness (QED) is 0.888. The van der Waals surface area contributed by atoms with Crippen LogP contribution in [0.5, 0.6) is 0 Å². The van der Waals surface area contributed by atoms with Crippen molar-refractivity contribution < 1.29 is 4.74 Å². The van der Waals surface area contributed by atoms with Crippen molar-refractivity contribution >= 4 is 23.4 Å². The summed E-state index contributed by atoms with van der Waals surface area (Å²) in [6, 6.07) is 9.06. The Balaban J connectivity index is 1.61. The van der Waals surface area contributed by atoms with Crippen LogP contribution in [0.3, 0.4) is 0 Å². The van der Waals surface area contributed by atoms with Crippen LogP contribution in [0.1, 0.15) is 44.2 Å². The average Bonchev–Trinajstić information content (AvgIpc) is 2.48. The first-order valence-corrected chi connectivity index (χ1v) is 9.43. The van der Waals surface area contributed by atoms with Gasteiger partial charge < -0.3 is 10.1 Å². The van der Waals surface area contributed by atoms with Gasteiger partial charge >= 0.3 is 0 Å². The van der Waals surface area contributed by atoms with Crippen LogP contribution in [-0.4, -0.2) is 29.8 Å². The minimum Gasteiger partial charge on any atom is -0.375 e. The van der Waals surface area contributed by atoms with Gasteiger partial charge in [-0.25, -0.2) is 0 Å². The van der Waals surface area contributed by atoms with E-state index in [2.05, 4.69) is 36.1 Å². The summed E-state index contributed by atoms with van der Waals surface area (Å²) < 4.78 is 6.17.